The molecule has 0 aromatic heterocycles. The molecule has 0 amide bonds. The highest BCUT2D eigenvalue weighted by atomic mass is 14.6. The molecule has 6 rings (SSSR count). The van der Waals surface area contributed by atoms with Gasteiger partial charge in [-0.05, 0) is 58.0 Å². The third-order valence-corrected chi connectivity index (χ3v) is 6.68. The lowest BCUT2D eigenvalue weighted by atomic mass is 9.71. The molecule has 0 unspecified atom stereocenters. The molecular formula is C26H22N4. The van der Waals surface area contributed by atoms with Crippen molar-refractivity contribution in [3.8, 4) is 11.1 Å². The van der Waals surface area contributed by atoms with Crippen LogP contribution in [0.3, 0.4) is 0 Å². The fourth-order valence-electron chi connectivity index (χ4n) is 5.33. The van der Waals surface area contributed by atoms with Gasteiger partial charge in [-0.25, -0.2) is 0 Å². The maximum Gasteiger partial charge on any atom is 0.0471 e. The number of nitrogen functional groups attached to an aromatic ring is 3. The number of nitrogens with two attached hydrogens (primary N) is 4. The maximum absolute atomic E-state index is 6.73. The van der Waals surface area contributed by atoms with E-state index in [9.17, 15) is 0 Å². The van der Waals surface area contributed by atoms with Crippen LogP contribution in [-0.2, 0) is 5.41 Å². The molecule has 1 spiro atoms. The van der Waals surface area contributed by atoms with Crippen LogP contribution in [0.25, 0.3) is 33.7 Å². The Kier molecular flexibility index (Phi) is 3.16. The van der Waals surface area contributed by atoms with Crippen molar-refractivity contribution in [3.05, 3.63) is 88.3 Å². The Bertz CT molecular complexity index is 1460. The Labute approximate surface area is 174 Å². The van der Waals surface area contributed by atoms with Crippen LogP contribution in [0.1, 0.15) is 17.5 Å². The van der Waals surface area contributed by atoms with E-state index in [-0.39, 0.29) is 0 Å². The Balaban J connectivity index is 1.79. The second-order valence-electron chi connectivity index (χ2n) is 8.40. The molecular weight excluding hydrogens is 368 g/mol. The van der Waals surface area contributed by atoms with Crippen LogP contribution in [0.2, 0.25) is 0 Å². The van der Waals surface area contributed by atoms with Crippen LogP contribution in [0, 0.1) is 0 Å². The lowest BCUT2D eigenvalue weighted by molar-refractivity contribution is 0.707. The van der Waals surface area contributed by atoms with Gasteiger partial charge in [0.05, 0.1) is 0 Å². The van der Waals surface area contributed by atoms with E-state index in [0.29, 0.717) is 6.42 Å². The van der Waals surface area contributed by atoms with Gasteiger partial charge in [-0.15, -0.1) is 0 Å². The van der Waals surface area contributed by atoms with Gasteiger partial charge in [-0.2, -0.15) is 0 Å². The number of hydrogen-bond donors (Lipinski definition) is 4. The van der Waals surface area contributed by atoms with Crippen molar-refractivity contribution >= 4 is 39.6 Å². The van der Waals surface area contributed by atoms with Crippen molar-refractivity contribution in [3.63, 3.8) is 0 Å². The molecule has 8 N–H and O–H groups in total. The van der Waals surface area contributed by atoms with Gasteiger partial charge in [0.1, 0.15) is 0 Å². The topological polar surface area (TPSA) is 104 Å². The second kappa shape index (κ2) is 5.57. The number of rotatable bonds is 0. The van der Waals surface area contributed by atoms with E-state index < -0.39 is 5.41 Å². The van der Waals surface area contributed by atoms with E-state index in [1.807, 2.05) is 24.3 Å². The number of benzene rings is 4. The van der Waals surface area contributed by atoms with Crippen molar-refractivity contribution in [2.24, 2.45) is 5.73 Å². The summed E-state index contributed by atoms with van der Waals surface area (Å²) in [5, 5.41) is 4.14. The van der Waals surface area contributed by atoms with Gasteiger partial charge < -0.3 is 22.9 Å². The molecule has 2 aliphatic rings. The fraction of sp³-hybridized carbons (Fsp3) is 0.0769. The minimum atomic E-state index is -0.441. The van der Waals surface area contributed by atoms with Crippen LogP contribution >= 0.6 is 0 Å². The highest BCUT2D eigenvalue weighted by Gasteiger charge is 2.43. The molecule has 0 radical (unpaired) electrons. The molecule has 4 nitrogen and oxygen atoms in total. The van der Waals surface area contributed by atoms with Crippen molar-refractivity contribution in [1.82, 2.24) is 0 Å². The Hall–Kier alpha value is -3.92. The summed E-state index contributed by atoms with van der Waals surface area (Å²) >= 11 is 0. The highest BCUT2D eigenvalue weighted by Crippen LogP contribution is 2.54. The van der Waals surface area contributed by atoms with E-state index in [2.05, 4.69) is 48.5 Å². The Morgan fingerprint density at radius 1 is 0.700 bits per heavy atom. The molecule has 0 saturated heterocycles. The first-order chi connectivity index (χ1) is 14.5. The van der Waals surface area contributed by atoms with Crippen LogP contribution < -0.4 is 33.4 Å². The van der Waals surface area contributed by atoms with Crippen molar-refractivity contribution < 1.29 is 0 Å². The Morgan fingerprint density at radius 2 is 1.33 bits per heavy atom. The minimum absolute atomic E-state index is 0.441. The van der Waals surface area contributed by atoms with E-state index >= 15 is 0 Å². The summed E-state index contributed by atoms with van der Waals surface area (Å²) in [5.74, 6) is 0. The summed E-state index contributed by atoms with van der Waals surface area (Å²) in [5.41, 5.74) is 33.1. The normalized spacial score (nSPS) is 15.5. The summed E-state index contributed by atoms with van der Waals surface area (Å²) in [6.45, 7) is 0. The molecule has 4 heteroatoms. The van der Waals surface area contributed by atoms with E-state index in [1.165, 1.54) is 11.1 Å². The largest absolute Gasteiger partial charge is 0.401 e. The zero-order chi connectivity index (χ0) is 20.6. The van der Waals surface area contributed by atoms with E-state index in [0.717, 1.165) is 55.1 Å². The molecule has 0 saturated carbocycles. The number of anilines is 3. The van der Waals surface area contributed by atoms with Crippen LogP contribution in [0.5, 0.6) is 0 Å². The molecule has 4 aromatic rings. The lowest BCUT2D eigenvalue weighted by Gasteiger charge is -2.32. The van der Waals surface area contributed by atoms with Gasteiger partial charge in [-0.1, -0.05) is 42.5 Å². The standard InChI is InChI=1S/C26H22N4/c27-15-5-7-18-19-8-6-16(28)11-23(19)26(22(18)10-15)12-21-20(24(29)13-26)9-14-3-1-2-4-17(14)25(21)30/h1-12H,13,27-30H2. The van der Waals surface area contributed by atoms with Crippen LogP contribution in [-0.4, -0.2) is 0 Å². The smallest absolute Gasteiger partial charge is 0.0471 e. The first-order valence-corrected chi connectivity index (χ1v) is 10.1. The highest BCUT2D eigenvalue weighted by molar-refractivity contribution is 5.96. The summed E-state index contributed by atoms with van der Waals surface area (Å²) in [7, 11) is 0. The monoisotopic (exact) mass is 390 g/mol. The average molecular weight is 390 g/mol. The Morgan fingerprint density at radius 3 is 2.00 bits per heavy atom. The van der Waals surface area contributed by atoms with Crippen LogP contribution in [0.15, 0.2) is 66.7 Å². The van der Waals surface area contributed by atoms with E-state index in [4.69, 9.17) is 22.9 Å². The average Bonchev–Trinajstić information content (AvgIpc) is 2.98. The van der Waals surface area contributed by atoms with Crippen molar-refractivity contribution in [1.29, 1.82) is 0 Å². The predicted molar refractivity (Wildman–Crippen MR) is 126 cm³/mol. The first-order valence-electron chi connectivity index (χ1n) is 10.1. The third kappa shape index (κ3) is 2.05. The second-order valence-corrected chi connectivity index (χ2v) is 8.40. The fourth-order valence-corrected chi connectivity index (χ4v) is 5.33. The molecule has 0 atom stereocenters. The molecule has 0 heterocycles. The maximum atomic E-state index is 6.73. The van der Waals surface area contributed by atoms with Gasteiger partial charge in [0.2, 0.25) is 0 Å². The zero-order valence-electron chi connectivity index (χ0n) is 16.4. The van der Waals surface area contributed by atoms with Gasteiger partial charge in [0.25, 0.3) is 0 Å². The molecule has 146 valence electrons. The van der Waals surface area contributed by atoms with Crippen LogP contribution in [0.4, 0.5) is 17.1 Å². The number of fused-ring (bicyclic) bond motifs is 7. The van der Waals surface area contributed by atoms with Crippen molar-refractivity contribution in [2.45, 2.75) is 11.8 Å². The van der Waals surface area contributed by atoms with Gasteiger partial charge >= 0.3 is 0 Å². The quantitative estimate of drug-likeness (QED) is 0.347. The summed E-state index contributed by atoms with van der Waals surface area (Å²) in [6.07, 6.45) is 2.94. The third-order valence-electron chi connectivity index (χ3n) is 6.68. The number of hydrogen-bond acceptors (Lipinski definition) is 4. The van der Waals surface area contributed by atoms with Crippen molar-refractivity contribution in [2.75, 3.05) is 17.2 Å². The van der Waals surface area contributed by atoms with Gasteiger partial charge in [0.15, 0.2) is 0 Å². The molecule has 0 fully saturated rings. The van der Waals surface area contributed by atoms with Gasteiger partial charge in [0, 0.05) is 50.4 Å². The molecule has 30 heavy (non-hydrogen) atoms. The molecule has 4 aromatic carbocycles. The SMILES string of the molecule is NC1=c2cc3ccccc3c(N)c2=CC2(C1)c1cc(N)ccc1-c1ccc(N)cc12. The summed E-state index contributed by atoms with van der Waals surface area (Å²) < 4.78 is 0. The predicted octanol–water partition coefficient (Wildman–Crippen LogP) is 2.80. The molecule has 0 bridgehead atoms. The summed E-state index contributed by atoms with van der Waals surface area (Å²) in [6, 6.07) is 22.5. The minimum Gasteiger partial charge on any atom is -0.401 e. The first kappa shape index (κ1) is 17.0. The molecule has 0 aliphatic heterocycles. The lowest BCUT2D eigenvalue weighted by Crippen LogP contribution is -2.42. The summed E-state index contributed by atoms with van der Waals surface area (Å²) in [4.78, 5) is 0. The zero-order valence-corrected chi connectivity index (χ0v) is 16.4. The van der Waals surface area contributed by atoms with E-state index in [1.54, 1.807) is 0 Å². The van der Waals surface area contributed by atoms with Gasteiger partial charge in [-0.3, -0.25) is 0 Å². The molecule has 2 aliphatic carbocycles.